The molecule has 25 heavy (non-hydrogen) atoms. The van der Waals surface area contributed by atoms with Crippen LogP contribution in [0.3, 0.4) is 0 Å². The fourth-order valence-corrected chi connectivity index (χ4v) is 3.32. The molecule has 2 aromatic carbocycles. The minimum absolute atomic E-state index is 0.328. The molecule has 0 aliphatic carbocycles. The summed E-state index contributed by atoms with van der Waals surface area (Å²) in [5.74, 6) is 0. The lowest BCUT2D eigenvalue weighted by Crippen LogP contribution is -2.36. The van der Waals surface area contributed by atoms with Gasteiger partial charge in [-0.3, -0.25) is 0 Å². The molecule has 1 saturated heterocycles. The summed E-state index contributed by atoms with van der Waals surface area (Å²) in [6.45, 7) is 7.84. The third kappa shape index (κ3) is 2.60. The van der Waals surface area contributed by atoms with Gasteiger partial charge in [-0.15, -0.1) is 0 Å². The summed E-state index contributed by atoms with van der Waals surface area (Å²) >= 11 is 0. The van der Waals surface area contributed by atoms with Gasteiger partial charge in [0.2, 0.25) is 0 Å². The number of fused-ring (bicyclic) bond motifs is 1. The Balaban J connectivity index is 1.89. The summed E-state index contributed by atoms with van der Waals surface area (Å²) in [6, 6.07) is 13.6. The van der Waals surface area contributed by atoms with Crippen LogP contribution in [0, 0.1) is 6.92 Å². The van der Waals surface area contributed by atoms with Crippen molar-refractivity contribution in [3.8, 4) is 11.1 Å². The molecule has 4 heteroatoms. The van der Waals surface area contributed by atoms with Crippen LogP contribution in [0.4, 0.5) is 5.69 Å². The third-order valence-corrected chi connectivity index (χ3v) is 4.89. The molecule has 2 heterocycles. The average molecular weight is 332 g/mol. The van der Waals surface area contributed by atoms with Gasteiger partial charge in [-0.2, -0.15) is 0 Å². The predicted molar refractivity (Wildman–Crippen MR) is 103 cm³/mol. The van der Waals surface area contributed by atoms with Crippen molar-refractivity contribution in [2.24, 2.45) is 5.73 Å². The lowest BCUT2D eigenvalue weighted by atomic mass is 9.97. The lowest BCUT2D eigenvalue weighted by Gasteiger charge is -2.33. The first-order chi connectivity index (χ1) is 12.0. The molecule has 1 aliphatic heterocycles. The van der Waals surface area contributed by atoms with Crippen LogP contribution >= 0.6 is 0 Å². The summed E-state index contributed by atoms with van der Waals surface area (Å²) in [7, 11) is 0. The van der Waals surface area contributed by atoms with Gasteiger partial charge in [0.25, 0.3) is 0 Å². The van der Waals surface area contributed by atoms with E-state index in [0.29, 0.717) is 16.8 Å². The van der Waals surface area contributed by atoms with E-state index < -0.39 is 0 Å². The zero-order chi connectivity index (χ0) is 17.6. The maximum atomic E-state index is 12.7. The molecule has 3 aromatic rings. The topological polar surface area (TPSA) is 59.5 Å². The molecule has 1 aromatic heterocycles. The fourth-order valence-electron chi connectivity index (χ4n) is 3.32. The van der Waals surface area contributed by atoms with E-state index in [1.807, 2.05) is 43.3 Å². The molecule has 0 saturated carbocycles. The molecule has 0 spiro atoms. The summed E-state index contributed by atoms with van der Waals surface area (Å²) in [6.07, 6.45) is 1.21. The number of aryl methyl sites for hydroxylation is 1. The van der Waals surface area contributed by atoms with Gasteiger partial charge in [0.1, 0.15) is 5.58 Å². The van der Waals surface area contributed by atoms with Gasteiger partial charge in [-0.05, 0) is 48.2 Å². The molecule has 1 aliphatic rings. The monoisotopic (exact) mass is 332 g/mol. The van der Waals surface area contributed by atoms with E-state index in [1.54, 1.807) is 0 Å². The number of hydrogen-bond acceptors (Lipinski definition) is 4. The number of nitrogens with zero attached hydrogens (tertiary/aromatic N) is 1. The third-order valence-electron chi connectivity index (χ3n) is 4.89. The van der Waals surface area contributed by atoms with Crippen LogP contribution < -0.4 is 16.3 Å². The second kappa shape index (κ2) is 5.81. The Hall–Kier alpha value is -3.01. The van der Waals surface area contributed by atoms with Crippen LogP contribution in [0.1, 0.15) is 17.5 Å². The van der Waals surface area contributed by atoms with E-state index in [1.165, 1.54) is 6.42 Å². The lowest BCUT2D eigenvalue weighted by molar-refractivity contribution is 0.561. The largest absolute Gasteiger partial charge is 0.422 e. The van der Waals surface area contributed by atoms with Crippen LogP contribution in [0.5, 0.6) is 0 Å². The highest BCUT2D eigenvalue weighted by Gasteiger charge is 2.18. The highest BCUT2D eigenvalue weighted by molar-refractivity contribution is 5.89. The molecular weight excluding hydrogens is 312 g/mol. The first kappa shape index (κ1) is 15.5. The van der Waals surface area contributed by atoms with Gasteiger partial charge in [-0.1, -0.05) is 24.8 Å². The van der Waals surface area contributed by atoms with Crippen molar-refractivity contribution in [1.82, 2.24) is 0 Å². The van der Waals surface area contributed by atoms with E-state index in [9.17, 15) is 4.79 Å². The number of nitrogens with two attached hydrogens (primary N) is 1. The summed E-state index contributed by atoms with van der Waals surface area (Å²) in [5.41, 5.74) is 10.8. The Bertz CT molecular complexity index is 1050. The quantitative estimate of drug-likeness (QED) is 0.739. The molecule has 4 nitrogen and oxygen atoms in total. The molecule has 1 fully saturated rings. The van der Waals surface area contributed by atoms with Gasteiger partial charge in [0.05, 0.1) is 5.56 Å². The Kier molecular flexibility index (Phi) is 3.61. The van der Waals surface area contributed by atoms with Crippen molar-refractivity contribution in [3.63, 3.8) is 0 Å². The van der Waals surface area contributed by atoms with Crippen LogP contribution in [0.2, 0.25) is 0 Å². The number of rotatable bonds is 3. The van der Waals surface area contributed by atoms with Crippen molar-refractivity contribution in [1.29, 1.82) is 0 Å². The SMILES string of the molecule is C=C(N)c1cccc(-c2c(C)c3ccc(N4CCC4)cc3oc2=O)c1. The van der Waals surface area contributed by atoms with Crippen molar-refractivity contribution in [2.45, 2.75) is 13.3 Å². The van der Waals surface area contributed by atoms with Gasteiger partial charge >= 0.3 is 5.63 Å². The average Bonchev–Trinajstić information content (AvgIpc) is 2.53. The molecular formula is C21H20N2O2. The minimum atomic E-state index is -0.328. The zero-order valence-corrected chi connectivity index (χ0v) is 14.2. The number of anilines is 1. The summed E-state index contributed by atoms with van der Waals surface area (Å²) in [4.78, 5) is 14.9. The Morgan fingerprint density at radius 2 is 2.00 bits per heavy atom. The normalized spacial score (nSPS) is 13.7. The second-order valence-electron chi connectivity index (χ2n) is 6.52. The summed E-state index contributed by atoms with van der Waals surface area (Å²) in [5, 5.41) is 0.954. The van der Waals surface area contributed by atoms with E-state index in [-0.39, 0.29) is 5.63 Å². The predicted octanol–water partition coefficient (Wildman–Crippen LogP) is 3.91. The maximum Gasteiger partial charge on any atom is 0.344 e. The number of benzene rings is 2. The smallest absolute Gasteiger partial charge is 0.344 e. The van der Waals surface area contributed by atoms with E-state index >= 15 is 0 Å². The standard InChI is InChI=1S/C21H20N2O2/c1-13-18-8-7-17(23-9-4-10-23)12-19(18)25-21(24)20(13)16-6-3-5-15(11-16)14(2)22/h3,5-8,11-12H,2,4,9-10,22H2,1H3. The van der Waals surface area contributed by atoms with Gasteiger partial charge in [0, 0.05) is 35.9 Å². The zero-order valence-electron chi connectivity index (χ0n) is 14.2. The molecule has 4 rings (SSSR count). The molecule has 126 valence electrons. The van der Waals surface area contributed by atoms with Gasteiger partial charge < -0.3 is 15.1 Å². The Morgan fingerprint density at radius 1 is 1.20 bits per heavy atom. The van der Waals surface area contributed by atoms with Crippen molar-refractivity contribution in [2.75, 3.05) is 18.0 Å². The molecule has 0 amide bonds. The first-order valence-corrected chi connectivity index (χ1v) is 8.42. The van der Waals surface area contributed by atoms with Crippen molar-refractivity contribution >= 4 is 22.4 Å². The molecule has 2 N–H and O–H groups in total. The Labute approximate surface area is 146 Å². The van der Waals surface area contributed by atoms with Gasteiger partial charge in [-0.25, -0.2) is 4.79 Å². The van der Waals surface area contributed by atoms with E-state index in [4.69, 9.17) is 10.2 Å². The van der Waals surface area contributed by atoms with Crippen LogP contribution in [0.25, 0.3) is 27.8 Å². The highest BCUT2D eigenvalue weighted by Crippen LogP contribution is 2.31. The maximum absolute atomic E-state index is 12.7. The van der Waals surface area contributed by atoms with Crippen molar-refractivity contribution < 1.29 is 4.42 Å². The second-order valence-corrected chi connectivity index (χ2v) is 6.52. The summed E-state index contributed by atoms with van der Waals surface area (Å²) < 4.78 is 5.65. The molecule has 0 bridgehead atoms. The highest BCUT2D eigenvalue weighted by atomic mass is 16.4. The molecule has 0 atom stereocenters. The van der Waals surface area contributed by atoms with Crippen LogP contribution in [0.15, 0.2) is 58.3 Å². The fraction of sp³-hybridized carbons (Fsp3) is 0.190. The minimum Gasteiger partial charge on any atom is -0.422 e. The van der Waals surface area contributed by atoms with Gasteiger partial charge in [0.15, 0.2) is 0 Å². The van der Waals surface area contributed by atoms with Crippen LogP contribution in [-0.2, 0) is 0 Å². The van der Waals surface area contributed by atoms with Crippen LogP contribution in [-0.4, -0.2) is 13.1 Å². The van der Waals surface area contributed by atoms with E-state index in [2.05, 4.69) is 17.5 Å². The molecule has 0 radical (unpaired) electrons. The van der Waals surface area contributed by atoms with E-state index in [0.717, 1.165) is 40.9 Å². The van der Waals surface area contributed by atoms with Crippen molar-refractivity contribution in [3.05, 3.63) is 70.6 Å². The number of hydrogen-bond donors (Lipinski definition) is 1. The molecule has 0 unspecified atom stereocenters. The Morgan fingerprint density at radius 3 is 2.68 bits per heavy atom. The first-order valence-electron chi connectivity index (χ1n) is 8.42.